The standard InChI is InChI=1S/C16H11F3O2/c1-21-16-7-4-11(9-14(16)19)15(20)6-3-10-2-5-12(17)13(18)8-10/h2-9H,1H3. The summed E-state index contributed by atoms with van der Waals surface area (Å²) in [6.07, 6.45) is 2.49. The number of carbonyl (C=O) groups excluding carboxylic acids is 1. The van der Waals surface area contributed by atoms with E-state index >= 15 is 0 Å². The average molecular weight is 292 g/mol. The summed E-state index contributed by atoms with van der Waals surface area (Å²) in [5.74, 6) is -3.03. The monoisotopic (exact) mass is 292 g/mol. The number of ketones is 1. The Morgan fingerprint density at radius 1 is 1.00 bits per heavy atom. The lowest BCUT2D eigenvalue weighted by molar-refractivity contribution is 0.104. The summed E-state index contributed by atoms with van der Waals surface area (Å²) in [6, 6.07) is 7.07. The van der Waals surface area contributed by atoms with Crippen molar-refractivity contribution >= 4 is 11.9 Å². The van der Waals surface area contributed by atoms with Gasteiger partial charge >= 0.3 is 0 Å². The highest BCUT2D eigenvalue weighted by molar-refractivity contribution is 6.06. The van der Waals surface area contributed by atoms with E-state index < -0.39 is 23.2 Å². The minimum atomic E-state index is -1.000. The third kappa shape index (κ3) is 3.51. The highest BCUT2D eigenvalue weighted by Gasteiger charge is 2.08. The van der Waals surface area contributed by atoms with Gasteiger partial charge in [-0.05, 0) is 42.0 Å². The SMILES string of the molecule is COc1ccc(C(=O)C=Cc2ccc(F)c(F)c2)cc1F. The van der Waals surface area contributed by atoms with E-state index in [1.54, 1.807) is 0 Å². The molecule has 2 aromatic carbocycles. The molecule has 0 radical (unpaired) electrons. The van der Waals surface area contributed by atoms with Gasteiger partial charge in [-0.1, -0.05) is 12.1 Å². The van der Waals surface area contributed by atoms with Gasteiger partial charge in [-0.3, -0.25) is 4.79 Å². The van der Waals surface area contributed by atoms with Gasteiger partial charge in [-0.2, -0.15) is 0 Å². The third-order valence-electron chi connectivity index (χ3n) is 2.81. The summed E-state index contributed by atoms with van der Waals surface area (Å²) in [5, 5.41) is 0. The molecule has 0 aliphatic carbocycles. The molecule has 0 aromatic heterocycles. The average Bonchev–Trinajstić information content (AvgIpc) is 2.48. The maximum Gasteiger partial charge on any atom is 0.185 e. The van der Waals surface area contributed by atoms with Crippen LogP contribution in [0.25, 0.3) is 6.08 Å². The molecule has 0 atom stereocenters. The summed E-state index contributed by atoms with van der Waals surface area (Å²) in [7, 11) is 1.32. The zero-order chi connectivity index (χ0) is 15.4. The number of rotatable bonds is 4. The number of allylic oxidation sites excluding steroid dienone is 1. The number of hydrogen-bond acceptors (Lipinski definition) is 2. The van der Waals surface area contributed by atoms with E-state index in [4.69, 9.17) is 4.74 Å². The first-order valence-corrected chi connectivity index (χ1v) is 6.02. The second-order valence-electron chi connectivity index (χ2n) is 4.22. The molecule has 0 bridgehead atoms. The van der Waals surface area contributed by atoms with Crippen molar-refractivity contribution in [3.63, 3.8) is 0 Å². The second kappa shape index (κ2) is 6.26. The van der Waals surface area contributed by atoms with Crippen molar-refractivity contribution in [3.05, 3.63) is 71.1 Å². The summed E-state index contributed by atoms with van der Waals surface area (Å²) >= 11 is 0. The van der Waals surface area contributed by atoms with Gasteiger partial charge in [0.2, 0.25) is 0 Å². The van der Waals surface area contributed by atoms with Crippen LogP contribution in [-0.4, -0.2) is 12.9 Å². The molecule has 21 heavy (non-hydrogen) atoms. The van der Waals surface area contributed by atoms with Gasteiger partial charge in [0.1, 0.15) is 0 Å². The Labute approximate surface area is 119 Å². The molecule has 0 saturated carbocycles. The maximum atomic E-state index is 13.5. The molecule has 0 spiro atoms. The fraction of sp³-hybridized carbons (Fsp3) is 0.0625. The Kier molecular flexibility index (Phi) is 4.42. The van der Waals surface area contributed by atoms with E-state index in [2.05, 4.69) is 0 Å². The highest BCUT2D eigenvalue weighted by atomic mass is 19.2. The van der Waals surface area contributed by atoms with Gasteiger partial charge in [0, 0.05) is 5.56 Å². The Bertz CT molecular complexity index is 709. The molecular formula is C16H11F3O2. The molecule has 108 valence electrons. The van der Waals surface area contributed by atoms with Crippen LogP contribution in [0.5, 0.6) is 5.75 Å². The predicted octanol–water partition coefficient (Wildman–Crippen LogP) is 4.01. The molecule has 0 unspecified atom stereocenters. The highest BCUT2D eigenvalue weighted by Crippen LogP contribution is 2.18. The minimum Gasteiger partial charge on any atom is -0.494 e. The number of carbonyl (C=O) groups is 1. The Hall–Kier alpha value is -2.56. The summed E-state index contributed by atoms with van der Waals surface area (Å²) < 4.78 is 44.0. The molecule has 0 heterocycles. The molecule has 2 nitrogen and oxygen atoms in total. The van der Waals surface area contributed by atoms with Crippen molar-refractivity contribution in [2.45, 2.75) is 0 Å². The van der Waals surface area contributed by atoms with Gasteiger partial charge < -0.3 is 4.74 Å². The lowest BCUT2D eigenvalue weighted by Gasteiger charge is -2.02. The van der Waals surface area contributed by atoms with Crippen LogP contribution in [0.2, 0.25) is 0 Å². The summed E-state index contributed by atoms with van der Waals surface area (Å²) in [5.41, 5.74) is 0.461. The van der Waals surface area contributed by atoms with Gasteiger partial charge in [-0.15, -0.1) is 0 Å². The lowest BCUT2D eigenvalue weighted by Crippen LogP contribution is -1.97. The van der Waals surface area contributed by atoms with Crippen LogP contribution < -0.4 is 4.74 Å². The largest absolute Gasteiger partial charge is 0.494 e. The molecule has 0 aliphatic heterocycles. The molecule has 0 saturated heterocycles. The van der Waals surface area contributed by atoms with E-state index in [0.717, 1.165) is 24.3 Å². The first-order chi connectivity index (χ1) is 10.0. The van der Waals surface area contributed by atoms with Crippen LogP contribution in [0.1, 0.15) is 15.9 Å². The maximum absolute atomic E-state index is 13.5. The van der Waals surface area contributed by atoms with E-state index in [1.165, 1.54) is 31.4 Å². The van der Waals surface area contributed by atoms with Crippen molar-refractivity contribution in [2.75, 3.05) is 7.11 Å². The molecule has 0 aliphatic rings. The van der Waals surface area contributed by atoms with Crippen LogP contribution in [0.15, 0.2) is 42.5 Å². The van der Waals surface area contributed by atoms with Crippen molar-refractivity contribution in [1.82, 2.24) is 0 Å². The van der Waals surface area contributed by atoms with Gasteiger partial charge in [0.15, 0.2) is 29.0 Å². The van der Waals surface area contributed by atoms with Gasteiger partial charge in [-0.25, -0.2) is 13.2 Å². The number of halogens is 3. The van der Waals surface area contributed by atoms with E-state index in [9.17, 15) is 18.0 Å². The third-order valence-corrected chi connectivity index (χ3v) is 2.81. The first-order valence-electron chi connectivity index (χ1n) is 6.02. The number of benzene rings is 2. The molecular weight excluding hydrogens is 281 g/mol. The molecule has 0 N–H and O–H groups in total. The van der Waals surface area contributed by atoms with Crippen LogP contribution in [0, 0.1) is 17.5 Å². The van der Waals surface area contributed by atoms with Gasteiger partial charge in [0.25, 0.3) is 0 Å². The summed E-state index contributed by atoms with van der Waals surface area (Å²) in [6.45, 7) is 0. The Balaban J connectivity index is 2.18. The van der Waals surface area contributed by atoms with Gasteiger partial charge in [0.05, 0.1) is 7.11 Å². The topological polar surface area (TPSA) is 26.3 Å². The van der Waals surface area contributed by atoms with Crippen molar-refractivity contribution in [3.8, 4) is 5.75 Å². The Morgan fingerprint density at radius 2 is 1.76 bits per heavy atom. The predicted molar refractivity (Wildman–Crippen MR) is 72.7 cm³/mol. The lowest BCUT2D eigenvalue weighted by atomic mass is 10.1. The van der Waals surface area contributed by atoms with Crippen molar-refractivity contribution in [1.29, 1.82) is 0 Å². The van der Waals surface area contributed by atoms with Crippen molar-refractivity contribution < 1.29 is 22.7 Å². The quantitative estimate of drug-likeness (QED) is 0.628. The number of ether oxygens (including phenoxy) is 1. The first kappa shape index (κ1) is 14.8. The fourth-order valence-electron chi connectivity index (χ4n) is 1.70. The van der Waals surface area contributed by atoms with E-state index in [0.29, 0.717) is 5.56 Å². The second-order valence-corrected chi connectivity index (χ2v) is 4.22. The van der Waals surface area contributed by atoms with Crippen LogP contribution in [0.4, 0.5) is 13.2 Å². The molecule has 5 heteroatoms. The zero-order valence-electron chi connectivity index (χ0n) is 11.1. The zero-order valence-corrected chi connectivity index (χ0v) is 11.1. The van der Waals surface area contributed by atoms with Crippen LogP contribution in [0.3, 0.4) is 0 Å². The fourth-order valence-corrected chi connectivity index (χ4v) is 1.70. The molecule has 2 rings (SSSR count). The van der Waals surface area contributed by atoms with Crippen LogP contribution >= 0.6 is 0 Å². The van der Waals surface area contributed by atoms with Crippen LogP contribution in [-0.2, 0) is 0 Å². The number of methoxy groups -OCH3 is 1. The minimum absolute atomic E-state index is 0.0381. The molecule has 0 fully saturated rings. The smallest absolute Gasteiger partial charge is 0.185 e. The van der Waals surface area contributed by atoms with E-state index in [1.807, 2.05) is 0 Å². The molecule has 0 amide bonds. The molecule has 2 aromatic rings. The summed E-state index contributed by atoms with van der Waals surface area (Å²) in [4.78, 5) is 11.9. The normalized spacial score (nSPS) is 10.9. The van der Waals surface area contributed by atoms with Crippen molar-refractivity contribution in [2.24, 2.45) is 0 Å². The van der Waals surface area contributed by atoms with E-state index in [-0.39, 0.29) is 11.3 Å². The Morgan fingerprint density at radius 3 is 2.38 bits per heavy atom. The number of hydrogen-bond donors (Lipinski definition) is 0.